The molecule has 5 nitrogen and oxygen atoms in total. The molecule has 0 spiro atoms. The highest BCUT2D eigenvalue weighted by Gasteiger charge is 2.29. The molecule has 0 bridgehead atoms. The largest absolute Gasteiger partial charge is 0.388 e. The number of anilines is 1. The number of ether oxygens (including phenoxy) is 1. The summed E-state index contributed by atoms with van der Waals surface area (Å²) >= 11 is 1.45. The van der Waals surface area contributed by atoms with Gasteiger partial charge in [0.1, 0.15) is 10.8 Å². The molecule has 0 atom stereocenters. The van der Waals surface area contributed by atoms with Crippen molar-refractivity contribution in [2.24, 2.45) is 0 Å². The Balaban J connectivity index is 1.55. The van der Waals surface area contributed by atoms with E-state index in [0.29, 0.717) is 44.2 Å². The highest BCUT2D eigenvalue weighted by atomic mass is 32.1. The van der Waals surface area contributed by atoms with Crippen molar-refractivity contribution in [1.82, 2.24) is 10.2 Å². The van der Waals surface area contributed by atoms with Crippen molar-refractivity contribution < 1.29 is 14.2 Å². The molecule has 1 aromatic carbocycles. The molecular formula is C15H18FN3O2S. The molecule has 0 amide bonds. The van der Waals surface area contributed by atoms with Crippen LogP contribution in [0.5, 0.6) is 0 Å². The number of rotatable bonds is 5. The van der Waals surface area contributed by atoms with Crippen molar-refractivity contribution in [1.29, 1.82) is 0 Å². The number of hydrogen-bond acceptors (Lipinski definition) is 6. The van der Waals surface area contributed by atoms with Crippen LogP contribution in [-0.2, 0) is 11.2 Å². The van der Waals surface area contributed by atoms with Gasteiger partial charge in [0.15, 0.2) is 0 Å². The minimum atomic E-state index is -0.735. The maximum Gasteiger partial charge on any atom is 0.205 e. The van der Waals surface area contributed by atoms with Crippen molar-refractivity contribution >= 4 is 16.5 Å². The Morgan fingerprint density at radius 1 is 1.23 bits per heavy atom. The van der Waals surface area contributed by atoms with E-state index in [4.69, 9.17) is 4.74 Å². The van der Waals surface area contributed by atoms with Gasteiger partial charge in [0, 0.05) is 39.0 Å². The summed E-state index contributed by atoms with van der Waals surface area (Å²) in [6, 6.07) is 6.37. The molecule has 1 aliphatic heterocycles. The van der Waals surface area contributed by atoms with Crippen LogP contribution < -0.4 is 5.32 Å². The van der Waals surface area contributed by atoms with Crippen LogP contribution in [0.2, 0.25) is 0 Å². The molecule has 3 rings (SSSR count). The van der Waals surface area contributed by atoms with Gasteiger partial charge in [-0.05, 0) is 17.7 Å². The Morgan fingerprint density at radius 2 is 1.95 bits per heavy atom. The predicted octanol–water partition coefficient (Wildman–Crippen LogP) is 2.22. The summed E-state index contributed by atoms with van der Waals surface area (Å²) in [6.45, 7) is 1.62. The van der Waals surface area contributed by atoms with Crippen molar-refractivity contribution in [2.75, 3.05) is 25.1 Å². The van der Waals surface area contributed by atoms with Crippen LogP contribution in [0, 0.1) is 5.82 Å². The van der Waals surface area contributed by atoms with E-state index in [1.807, 2.05) is 0 Å². The Labute approximate surface area is 132 Å². The lowest BCUT2D eigenvalue weighted by Crippen LogP contribution is -2.42. The quantitative estimate of drug-likeness (QED) is 0.883. The van der Waals surface area contributed by atoms with Gasteiger partial charge in [-0.1, -0.05) is 23.5 Å². The normalized spacial score (nSPS) is 17.4. The van der Waals surface area contributed by atoms with E-state index < -0.39 is 5.60 Å². The molecule has 2 heterocycles. The Morgan fingerprint density at radius 3 is 2.68 bits per heavy atom. The molecule has 0 saturated carbocycles. The second kappa shape index (κ2) is 6.68. The second-order valence-corrected chi connectivity index (χ2v) is 6.56. The maximum atomic E-state index is 12.9. The first-order valence-corrected chi connectivity index (χ1v) is 8.05. The molecule has 1 fully saturated rings. The molecule has 1 aliphatic rings. The standard InChI is InChI=1S/C15H18FN3O2S/c16-12-3-1-11(2-4-12)9-13-18-19-14(22-13)17-10-15(20)5-7-21-8-6-15/h1-4,20H,5-10H2,(H,17,19). The fourth-order valence-corrected chi connectivity index (χ4v) is 3.11. The number of aliphatic hydroxyl groups is 1. The van der Waals surface area contributed by atoms with Gasteiger partial charge in [0.25, 0.3) is 0 Å². The van der Waals surface area contributed by atoms with E-state index in [-0.39, 0.29) is 5.82 Å². The first-order chi connectivity index (χ1) is 10.6. The summed E-state index contributed by atoms with van der Waals surface area (Å²) in [6.07, 6.45) is 1.88. The van der Waals surface area contributed by atoms with E-state index >= 15 is 0 Å². The molecule has 118 valence electrons. The van der Waals surface area contributed by atoms with Crippen LogP contribution in [0.15, 0.2) is 24.3 Å². The molecule has 0 unspecified atom stereocenters. The Kier molecular flexibility index (Phi) is 4.66. The van der Waals surface area contributed by atoms with Gasteiger partial charge in [-0.2, -0.15) is 0 Å². The molecule has 1 aromatic heterocycles. The van der Waals surface area contributed by atoms with E-state index in [9.17, 15) is 9.50 Å². The van der Waals surface area contributed by atoms with Crippen molar-refractivity contribution in [2.45, 2.75) is 24.9 Å². The number of nitrogens with zero attached hydrogens (tertiary/aromatic N) is 2. The van der Waals surface area contributed by atoms with E-state index in [2.05, 4.69) is 15.5 Å². The molecule has 0 radical (unpaired) electrons. The van der Waals surface area contributed by atoms with E-state index in [1.165, 1.54) is 23.5 Å². The molecule has 0 aliphatic carbocycles. The van der Waals surface area contributed by atoms with Gasteiger partial charge in [-0.3, -0.25) is 0 Å². The fourth-order valence-electron chi connectivity index (χ4n) is 2.34. The molecular weight excluding hydrogens is 305 g/mol. The topological polar surface area (TPSA) is 67.3 Å². The Hall–Kier alpha value is -1.57. The monoisotopic (exact) mass is 323 g/mol. The molecule has 7 heteroatoms. The van der Waals surface area contributed by atoms with Crippen LogP contribution in [0.1, 0.15) is 23.4 Å². The van der Waals surface area contributed by atoms with Crippen molar-refractivity contribution in [3.05, 3.63) is 40.7 Å². The average Bonchev–Trinajstić information content (AvgIpc) is 2.96. The minimum Gasteiger partial charge on any atom is -0.388 e. The van der Waals surface area contributed by atoms with Crippen LogP contribution in [0.4, 0.5) is 9.52 Å². The lowest BCUT2D eigenvalue weighted by molar-refractivity contribution is -0.0543. The van der Waals surface area contributed by atoms with Crippen molar-refractivity contribution in [3.8, 4) is 0 Å². The molecule has 2 aromatic rings. The molecule has 2 N–H and O–H groups in total. The Bertz CT molecular complexity index is 612. The van der Waals surface area contributed by atoms with Crippen LogP contribution in [0.3, 0.4) is 0 Å². The third kappa shape index (κ3) is 4.00. The summed E-state index contributed by atoms with van der Waals surface area (Å²) in [4.78, 5) is 0. The van der Waals surface area contributed by atoms with Gasteiger partial charge in [0.2, 0.25) is 5.13 Å². The van der Waals surface area contributed by atoms with Gasteiger partial charge in [0.05, 0.1) is 5.60 Å². The smallest absolute Gasteiger partial charge is 0.205 e. The maximum absolute atomic E-state index is 12.9. The summed E-state index contributed by atoms with van der Waals surface area (Å²) < 4.78 is 18.1. The average molecular weight is 323 g/mol. The third-order valence-corrected chi connectivity index (χ3v) is 4.61. The number of aromatic nitrogens is 2. The third-order valence-electron chi connectivity index (χ3n) is 3.73. The van der Waals surface area contributed by atoms with Crippen LogP contribution >= 0.6 is 11.3 Å². The first-order valence-electron chi connectivity index (χ1n) is 7.24. The zero-order valence-electron chi connectivity index (χ0n) is 12.1. The van der Waals surface area contributed by atoms with Gasteiger partial charge < -0.3 is 15.2 Å². The summed E-state index contributed by atoms with van der Waals surface area (Å²) in [7, 11) is 0. The predicted molar refractivity (Wildman–Crippen MR) is 82.6 cm³/mol. The zero-order valence-corrected chi connectivity index (χ0v) is 12.9. The number of nitrogens with one attached hydrogen (secondary N) is 1. The van der Waals surface area contributed by atoms with Gasteiger partial charge >= 0.3 is 0 Å². The molecule has 1 saturated heterocycles. The number of halogens is 1. The zero-order chi connectivity index (χ0) is 15.4. The number of benzene rings is 1. The summed E-state index contributed by atoms with van der Waals surface area (Å²) in [5.41, 5.74) is 0.258. The fraction of sp³-hybridized carbons (Fsp3) is 0.467. The lowest BCUT2D eigenvalue weighted by atomic mass is 9.95. The minimum absolute atomic E-state index is 0.243. The van der Waals surface area contributed by atoms with E-state index in [0.717, 1.165) is 10.6 Å². The molecule has 22 heavy (non-hydrogen) atoms. The summed E-state index contributed by atoms with van der Waals surface area (Å²) in [5, 5.41) is 23.3. The van der Waals surface area contributed by atoms with Gasteiger partial charge in [-0.15, -0.1) is 10.2 Å². The van der Waals surface area contributed by atoms with Crippen molar-refractivity contribution in [3.63, 3.8) is 0 Å². The van der Waals surface area contributed by atoms with Crippen LogP contribution in [-0.4, -0.2) is 40.7 Å². The SMILES string of the molecule is OC1(CNc2nnc(Cc3ccc(F)cc3)s2)CCOCC1. The van der Waals surface area contributed by atoms with Gasteiger partial charge in [-0.25, -0.2) is 4.39 Å². The highest BCUT2D eigenvalue weighted by Crippen LogP contribution is 2.23. The first kappa shape index (κ1) is 15.3. The number of hydrogen-bond donors (Lipinski definition) is 2. The lowest BCUT2D eigenvalue weighted by Gasteiger charge is -2.31. The van der Waals surface area contributed by atoms with E-state index in [1.54, 1.807) is 12.1 Å². The second-order valence-electron chi connectivity index (χ2n) is 5.49. The van der Waals surface area contributed by atoms with Crippen LogP contribution in [0.25, 0.3) is 0 Å². The highest BCUT2D eigenvalue weighted by molar-refractivity contribution is 7.15. The summed E-state index contributed by atoms with van der Waals surface area (Å²) in [5.74, 6) is -0.243.